The van der Waals surface area contributed by atoms with Crippen LogP contribution < -0.4 is 9.46 Å². The number of nitrogens with one attached hydrogen (secondary N) is 1. The minimum atomic E-state index is -4.02. The molecular weight excluding hydrogens is 469 g/mol. The van der Waals surface area contributed by atoms with Crippen molar-refractivity contribution in [2.75, 3.05) is 6.67 Å². The summed E-state index contributed by atoms with van der Waals surface area (Å²) in [5.41, 5.74) is 0.446. The second-order valence-corrected chi connectivity index (χ2v) is 10.5. The van der Waals surface area contributed by atoms with Crippen LogP contribution in [0.3, 0.4) is 0 Å². The number of halogens is 3. The van der Waals surface area contributed by atoms with Crippen molar-refractivity contribution in [2.24, 2.45) is 0 Å². The van der Waals surface area contributed by atoms with Crippen molar-refractivity contribution in [1.29, 1.82) is 5.26 Å². The van der Waals surface area contributed by atoms with Crippen LogP contribution in [0.1, 0.15) is 44.7 Å². The van der Waals surface area contributed by atoms with Gasteiger partial charge >= 0.3 is 6.61 Å². The van der Waals surface area contributed by atoms with Crippen LogP contribution >= 0.6 is 0 Å². The van der Waals surface area contributed by atoms with Gasteiger partial charge in [-0.1, -0.05) is 0 Å². The Morgan fingerprint density at radius 1 is 1.29 bits per heavy atom. The molecule has 4 rings (SSSR count). The highest BCUT2D eigenvalue weighted by Gasteiger charge is 2.30. The number of hydrogen-bond donors (Lipinski definition) is 1. The van der Waals surface area contributed by atoms with Crippen molar-refractivity contribution in [2.45, 2.75) is 56.2 Å². The van der Waals surface area contributed by atoms with Crippen molar-refractivity contribution in [3.05, 3.63) is 42.1 Å². The molecule has 1 fully saturated rings. The lowest BCUT2D eigenvalue weighted by Gasteiger charge is -2.30. The van der Waals surface area contributed by atoms with E-state index in [2.05, 4.69) is 20.5 Å². The molecule has 7 nitrogen and oxygen atoms in total. The van der Waals surface area contributed by atoms with Gasteiger partial charge in [-0.25, -0.2) is 17.5 Å². The highest BCUT2D eigenvalue weighted by molar-refractivity contribution is 7.89. The molecule has 180 valence electrons. The quantitative estimate of drug-likeness (QED) is 0.481. The Hall–Kier alpha value is -3.10. The molecule has 0 bridgehead atoms. The molecule has 0 spiro atoms. The number of aromatic nitrogens is 2. The van der Waals surface area contributed by atoms with Crippen LogP contribution in [0.5, 0.6) is 5.75 Å². The van der Waals surface area contributed by atoms with Crippen LogP contribution in [-0.4, -0.2) is 36.8 Å². The van der Waals surface area contributed by atoms with Crippen LogP contribution in [0.4, 0.5) is 13.2 Å². The number of hydrogen-bond acceptors (Lipinski definition) is 5. The van der Waals surface area contributed by atoms with Gasteiger partial charge in [0, 0.05) is 23.7 Å². The van der Waals surface area contributed by atoms with Crippen LogP contribution in [0, 0.1) is 11.3 Å². The summed E-state index contributed by atoms with van der Waals surface area (Å²) in [6, 6.07) is 9.47. The monoisotopic (exact) mass is 492 g/mol. The molecular formula is C23H23F3N4O3S. The van der Waals surface area contributed by atoms with Crippen molar-refractivity contribution < 1.29 is 26.3 Å². The van der Waals surface area contributed by atoms with Crippen molar-refractivity contribution in [1.82, 2.24) is 14.3 Å². The van der Waals surface area contributed by atoms with Gasteiger partial charge in [0.25, 0.3) is 0 Å². The lowest BCUT2D eigenvalue weighted by atomic mass is 9.92. The molecule has 1 saturated carbocycles. The summed E-state index contributed by atoms with van der Waals surface area (Å²) in [6.07, 6.45) is 3.83. The minimum Gasteiger partial charge on any atom is -0.435 e. The summed E-state index contributed by atoms with van der Waals surface area (Å²) in [7, 11) is -4.02. The van der Waals surface area contributed by atoms with Gasteiger partial charge in [-0.15, -0.1) is 0 Å². The van der Waals surface area contributed by atoms with Crippen molar-refractivity contribution in [3.8, 4) is 23.2 Å². The van der Waals surface area contributed by atoms with E-state index >= 15 is 0 Å². The Morgan fingerprint density at radius 2 is 2.03 bits per heavy atom. The van der Waals surface area contributed by atoms with E-state index in [0.29, 0.717) is 27.9 Å². The first-order chi connectivity index (χ1) is 16.1. The average molecular weight is 493 g/mol. The summed E-state index contributed by atoms with van der Waals surface area (Å²) in [4.78, 5) is 4.17. The van der Waals surface area contributed by atoms with E-state index in [-0.39, 0.29) is 16.7 Å². The van der Waals surface area contributed by atoms with E-state index in [1.165, 1.54) is 38.1 Å². The number of ether oxygens (including phenoxy) is 1. The molecule has 1 aliphatic carbocycles. The van der Waals surface area contributed by atoms with E-state index in [1.807, 2.05) is 4.57 Å². The number of pyridine rings is 1. The maximum atomic E-state index is 13.1. The van der Waals surface area contributed by atoms with Crippen LogP contribution in [0.2, 0.25) is 0 Å². The lowest BCUT2D eigenvalue weighted by molar-refractivity contribution is -0.0497. The predicted molar refractivity (Wildman–Crippen MR) is 120 cm³/mol. The van der Waals surface area contributed by atoms with E-state index in [0.717, 1.165) is 25.5 Å². The summed E-state index contributed by atoms with van der Waals surface area (Å²) < 4.78 is 72.6. The molecule has 1 aromatic carbocycles. The van der Waals surface area contributed by atoms with Crippen LogP contribution in [-0.2, 0) is 10.0 Å². The van der Waals surface area contributed by atoms with Gasteiger partial charge in [0.1, 0.15) is 23.4 Å². The van der Waals surface area contributed by atoms with E-state index in [1.54, 1.807) is 6.07 Å². The van der Waals surface area contributed by atoms with Gasteiger partial charge in [-0.3, -0.25) is 4.98 Å². The zero-order chi connectivity index (χ0) is 24.7. The Balaban J connectivity index is 1.83. The summed E-state index contributed by atoms with van der Waals surface area (Å²) in [6.45, 7) is -1.02. The van der Waals surface area contributed by atoms with Crippen molar-refractivity contribution in [3.63, 3.8) is 0 Å². The standard InChI is InChI=1S/C23H23F3N4O3S/c1-23(2,13-24)29-34(31,32)16-7-9-19(28-12-16)21-18(11-27)17-8-6-15(33-22(25)26)10-20(17)30(21)14-4-3-5-14/h6-10,12,14,22,29H,3-5,13H2,1-2H3. The SMILES string of the molecule is CC(C)(CF)NS(=O)(=O)c1ccc(-c2c(C#N)c3ccc(OC(F)F)cc3n2C2CCC2)nc1. The van der Waals surface area contributed by atoms with Gasteiger partial charge in [0.15, 0.2) is 0 Å². The minimum absolute atomic E-state index is 0.0208. The smallest absolute Gasteiger partial charge is 0.387 e. The average Bonchev–Trinajstić information content (AvgIpc) is 3.05. The Kier molecular flexibility index (Phi) is 6.31. The first-order valence-electron chi connectivity index (χ1n) is 10.7. The second kappa shape index (κ2) is 8.92. The fourth-order valence-electron chi connectivity index (χ4n) is 3.98. The fraction of sp³-hybridized carbons (Fsp3) is 0.391. The Labute approximate surface area is 195 Å². The summed E-state index contributed by atoms with van der Waals surface area (Å²) in [5.74, 6) is -0.0208. The van der Waals surface area contributed by atoms with Crippen LogP contribution in [0.25, 0.3) is 22.3 Å². The normalized spacial score (nSPS) is 14.9. The molecule has 0 amide bonds. The summed E-state index contributed by atoms with van der Waals surface area (Å²) >= 11 is 0. The number of nitrogens with zero attached hydrogens (tertiary/aromatic N) is 3. The second-order valence-electron chi connectivity index (χ2n) is 8.85. The maximum Gasteiger partial charge on any atom is 0.387 e. The lowest BCUT2D eigenvalue weighted by Crippen LogP contribution is -2.45. The molecule has 1 aliphatic rings. The number of rotatable bonds is 8. The number of fused-ring (bicyclic) bond motifs is 1. The zero-order valence-electron chi connectivity index (χ0n) is 18.6. The molecule has 0 atom stereocenters. The molecule has 0 unspecified atom stereocenters. The molecule has 2 heterocycles. The molecule has 1 N–H and O–H groups in total. The predicted octanol–water partition coefficient (Wildman–Crippen LogP) is 4.93. The molecule has 0 aliphatic heterocycles. The fourth-order valence-corrected chi connectivity index (χ4v) is 5.32. The number of benzene rings is 1. The Morgan fingerprint density at radius 3 is 2.56 bits per heavy atom. The molecule has 34 heavy (non-hydrogen) atoms. The van der Waals surface area contributed by atoms with Gasteiger partial charge in [0.05, 0.1) is 28.0 Å². The number of sulfonamides is 1. The van der Waals surface area contributed by atoms with E-state index in [4.69, 9.17) is 0 Å². The molecule has 11 heteroatoms. The number of nitriles is 1. The number of alkyl halides is 3. The highest BCUT2D eigenvalue weighted by Crippen LogP contribution is 2.43. The highest BCUT2D eigenvalue weighted by atomic mass is 32.2. The van der Waals surface area contributed by atoms with Gasteiger partial charge in [0.2, 0.25) is 10.0 Å². The Bertz CT molecular complexity index is 1360. The maximum absolute atomic E-state index is 13.1. The third-order valence-electron chi connectivity index (χ3n) is 5.79. The van der Waals surface area contributed by atoms with Crippen LogP contribution in [0.15, 0.2) is 41.4 Å². The van der Waals surface area contributed by atoms with Crippen molar-refractivity contribution >= 4 is 20.9 Å². The zero-order valence-corrected chi connectivity index (χ0v) is 19.4. The van der Waals surface area contributed by atoms with Gasteiger partial charge in [-0.2, -0.15) is 14.0 Å². The topological polar surface area (TPSA) is 97.0 Å². The largest absolute Gasteiger partial charge is 0.435 e. The molecule has 0 saturated heterocycles. The van der Waals surface area contributed by atoms with E-state index in [9.17, 15) is 26.9 Å². The third kappa shape index (κ3) is 4.48. The first kappa shape index (κ1) is 24.0. The molecule has 3 aromatic rings. The molecule has 0 radical (unpaired) electrons. The summed E-state index contributed by atoms with van der Waals surface area (Å²) in [5, 5.41) is 10.5. The van der Waals surface area contributed by atoms with E-state index < -0.39 is 28.8 Å². The molecule has 2 aromatic heterocycles. The van der Waals surface area contributed by atoms with Gasteiger partial charge in [-0.05, 0) is 57.4 Å². The first-order valence-corrected chi connectivity index (χ1v) is 12.1. The third-order valence-corrected chi connectivity index (χ3v) is 7.47. The van der Waals surface area contributed by atoms with Gasteiger partial charge < -0.3 is 9.30 Å².